The summed E-state index contributed by atoms with van der Waals surface area (Å²) in [6.07, 6.45) is 5.28. The highest BCUT2D eigenvalue weighted by Gasteiger charge is 2.30. The lowest BCUT2D eigenvalue weighted by atomic mass is 9.81. The van der Waals surface area contributed by atoms with Crippen LogP contribution in [-0.4, -0.2) is 16.8 Å². The molecular formula is C18H20N2O. The third-order valence-electron chi connectivity index (χ3n) is 4.20. The first-order valence-corrected chi connectivity index (χ1v) is 7.52. The summed E-state index contributed by atoms with van der Waals surface area (Å²) in [5.41, 5.74) is 9.41. The van der Waals surface area contributed by atoms with Crippen molar-refractivity contribution in [3.8, 4) is 0 Å². The molecule has 1 aliphatic rings. The Hall–Kier alpha value is -2.00. The van der Waals surface area contributed by atoms with Crippen molar-refractivity contribution in [1.82, 2.24) is 4.98 Å². The first kappa shape index (κ1) is 14.0. The van der Waals surface area contributed by atoms with E-state index in [9.17, 15) is 4.79 Å². The quantitative estimate of drug-likeness (QED) is 0.936. The zero-order valence-electron chi connectivity index (χ0n) is 12.0. The highest BCUT2D eigenvalue weighted by Crippen LogP contribution is 2.31. The number of Topliss-reactive ketones (excluding diaryl/α,β-unsaturated/α-hetero) is 1. The average molecular weight is 280 g/mol. The number of hydrogen-bond donors (Lipinski definition) is 1. The summed E-state index contributed by atoms with van der Waals surface area (Å²) in [7, 11) is 0. The number of nitrogens with zero attached hydrogens (tertiary/aromatic N) is 1. The molecule has 2 unspecified atom stereocenters. The number of carbonyl (C=O) groups excluding carboxylic acids is 1. The molecule has 108 valence electrons. The van der Waals surface area contributed by atoms with Crippen LogP contribution in [0.5, 0.6) is 0 Å². The van der Waals surface area contributed by atoms with Crippen LogP contribution in [0.1, 0.15) is 35.6 Å². The molecular weight excluding hydrogens is 260 g/mol. The van der Waals surface area contributed by atoms with E-state index in [4.69, 9.17) is 5.73 Å². The van der Waals surface area contributed by atoms with Crippen molar-refractivity contribution in [3.63, 3.8) is 0 Å². The first-order valence-electron chi connectivity index (χ1n) is 7.52. The van der Waals surface area contributed by atoms with Gasteiger partial charge in [-0.3, -0.25) is 9.78 Å². The van der Waals surface area contributed by atoms with Gasteiger partial charge < -0.3 is 5.73 Å². The summed E-state index contributed by atoms with van der Waals surface area (Å²) >= 11 is 0. The second kappa shape index (κ2) is 6.19. The van der Waals surface area contributed by atoms with Crippen LogP contribution in [0.25, 0.3) is 0 Å². The minimum Gasteiger partial charge on any atom is -0.321 e. The summed E-state index contributed by atoms with van der Waals surface area (Å²) in [5.74, 6) is -0.00725. The van der Waals surface area contributed by atoms with Crippen molar-refractivity contribution in [2.75, 3.05) is 0 Å². The van der Waals surface area contributed by atoms with Crippen molar-refractivity contribution >= 4 is 5.78 Å². The molecule has 2 atom stereocenters. The van der Waals surface area contributed by atoms with Crippen molar-refractivity contribution < 1.29 is 4.79 Å². The second-order valence-corrected chi connectivity index (χ2v) is 5.69. The van der Waals surface area contributed by atoms with Gasteiger partial charge in [0, 0.05) is 6.20 Å². The molecule has 0 spiro atoms. The Morgan fingerprint density at radius 1 is 1.24 bits per heavy atom. The van der Waals surface area contributed by atoms with Gasteiger partial charge in [-0.2, -0.15) is 0 Å². The van der Waals surface area contributed by atoms with Crippen molar-refractivity contribution in [3.05, 3.63) is 65.5 Å². The molecule has 2 N–H and O–H groups in total. The Labute approximate surface area is 125 Å². The van der Waals surface area contributed by atoms with Crippen molar-refractivity contribution in [2.24, 2.45) is 5.73 Å². The van der Waals surface area contributed by atoms with Crippen molar-refractivity contribution in [1.29, 1.82) is 0 Å². The van der Waals surface area contributed by atoms with Crippen molar-refractivity contribution in [2.45, 2.75) is 37.6 Å². The standard InChI is InChI=1S/C18H20N2O/c19-16(12-13-6-2-1-3-7-13)18(21)15-10-4-8-14-9-5-11-20-17(14)15/h1-3,5-7,9,11,15-16H,4,8,10,12,19H2. The Kier molecular flexibility index (Phi) is 4.11. The molecule has 1 heterocycles. The van der Waals surface area contributed by atoms with Gasteiger partial charge in [0.15, 0.2) is 5.78 Å². The van der Waals surface area contributed by atoms with E-state index < -0.39 is 6.04 Å². The fourth-order valence-corrected chi connectivity index (χ4v) is 3.11. The number of nitrogens with two attached hydrogens (primary N) is 1. The van der Waals surface area contributed by atoms with E-state index in [0.717, 1.165) is 30.5 Å². The Bertz CT molecular complexity index is 624. The van der Waals surface area contributed by atoms with Gasteiger partial charge in [0.1, 0.15) is 0 Å². The van der Waals surface area contributed by atoms with Gasteiger partial charge in [0.05, 0.1) is 17.7 Å². The van der Waals surface area contributed by atoms with Crippen LogP contribution in [0.2, 0.25) is 0 Å². The van der Waals surface area contributed by atoms with E-state index in [1.807, 2.05) is 36.4 Å². The highest BCUT2D eigenvalue weighted by molar-refractivity contribution is 5.90. The van der Waals surface area contributed by atoms with Gasteiger partial charge in [-0.1, -0.05) is 36.4 Å². The van der Waals surface area contributed by atoms with Gasteiger partial charge in [-0.05, 0) is 42.9 Å². The van der Waals surface area contributed by atoms with E-state index >= 15 is 0 Å². The molecule has 0 saturated heterocycles. The maximum absolute atomic E-state index is 12.7. The van der Waals surface area contributed by atoms with E-state index in [1.54, 1.807) is 6.20 Å². The third kappa shape index (κ3) is 3.03. The molecule has 0 fully saturated rings. The van der Waals surface area contributed by atoms with E-state index in [0.29, 0.717) is 6.42 Å². The zero-order chi connectivity index (χ0) is 14.7. The molecule has 0 bridgehead atoms. The van der Waals surface area contributed by atoms with Crippen LogP contribution in [0.4, 0.5) is 0 Å². The fourth-order valence-electron chi connectivity index (χ4n) is 3.11. The summed E-state index contributed by atoms with van der Waals surface area (Å²) < 4.78 is 0. The molecule has 1 aliphatic carbocycles. The van der Waals surface area contributed by atoms with E-state index in [1.165, 1.54) is 5.56 Å². The normalized spacial score (nSPS) is 18.8. The Balaban J connectivity index is 1.77. The number of hydrogen-bond acceptors (Lipinski definition) is 3. The number of ketones is 1. The molecule has 0 amide bonds. The summed E-state index contributed by atoms with van der Waals surface area (Å²) in [6.45, 7) is 0. The van der Waals surface area contributed by atoms with Crippen LogP contribution in [0.3, 0.4) is 0 Å². The summed E-state index contributed by atoms with van der Waals surface area (Å²) in [4.78, 5) is 17.1. The number of rotatable bonds is 4. The van der Waals surface area contributed by atoms with E-state index in [-0.39, 0.29) is 11.7 Å². The predicted octanol–water partition coefficient (Wildman–Crippen LogP) is 2.64. The topological polar surface area (TPSA) is 56.0 Å². The molecule has 1 aromatic heterocycles. The molecule has 1 aromatic carbocycles. The van der Waals surface area contributed by atoms with Crippen LogP contribution in [0, 0.1) is 0 Å². The number of aryl methyl sites for hydroxylation is 1. The lowest BCUT2D eigenvalue weighted by Gasteiger charge is -2.25. The molecule has 3 heteroatoms. The maximum atomic E-state index is 12.7. The number of aromatic nitrogens is 1. The minimum absolute atomic E-state index is 0.124. The number of pyridine rings is 1. The van der Waals surface area contributed by atoms with Gasteiger partial charge >= 0.3 is 0 Å². The lowest BCUT2D eigenvalue weighted by molar-refractivity contribution is -0.122. The first-order chi connectivity index (χ1) is 10.3. The number of benzene rings is 1. The SMILES string of the molecule is NC(Cc1ccccc1)C(=O)C1CCCc2cccnc21. The fraction of sp³-hybridized carbons (Fsp3) is 0.333. The smallest absolute Gasteiger partial charge is 0.158 e. The molecule has 3 rings (SSSR count). The number of carbonyl (C=O) groups is 1. The van der Waals surface area contributed by atoms with Gasteiger partial charge in [-0.25, -0.2) is 0 Å². The molecule has 3 nitrogen and oxygen atoms in total. The Morgan fingerprint density at radius 3 is 2.86 bits per heavy atom. The van der Waals surface area contributed by atoms with Crippen LogP contribution < -0.4 is 5.73 Å². The van der Waals surface area contributed by atoms with Gasteiger partial charge in [0.2, 0.25) is 0 Å². The molecule has 21 heavy (non-hydrogen) atoms. The highest BCUT2D eigenvalue weighted by atomic mass is 16.1. The lowest BCUT2D eigenvalue weighted by Crippen LogP contribution is -2.38. The van der Waals surface area contributed by atoms with Crippen LogP contribution in [-0.2, 0) is 17.6 Å². The predicted molar refractivity (Wildman–Crippen MR) is 83.0 cm³/mol. The van der Waals surface area contributed by atoms with E-state index in [2.05, 4.69) is 11.1 Å². The van der Waals surface area contributed by atoms with Gasteiger partial charge in [-0.15, -0.1) is 0 Å². The largest absolute Gasteiger partial charge is 0.321 e. The summed E-state index contributed by atoms with van der Waals surface area (Å²) in [6, 6.07) is 13.5. The van der Waals surface area contributed by atoms with Crippen LogP contribution >= 0.6 is 0 Å². The summed E-state index contributed by atoms with van der Waals surface area (Å²) in [5, 5.41) is 0. The average Bonchev–Trinajstić information content (AvgIpc) is 2.54. The molecule has 0 saturated carbocycles. The second-order valence-electron chi connectivity index (χ2n) is 5.69. The van der Waals surface area contributed by atoms with Crippen LogP contribution in [0.15, 0.2) is 48.7 Å². The monoisotopic (exact) mass is 280 g/mol. The minimum atomic E-state index is -0.453. The third-order valence-corrected chi connectivity index (χ3v) is 4.20. The molecule has 0 radical (unpaired) electrons. The number of fused-ring (bicyclic) bond motifs is 1. The van der Waals surface area contributed by atoms with Gasteiger partial charge in [0.25, 0.3) is 0 Å². The maximum Gasteiger partial charge on any atom is 0.158 e. The Morgan fingerprint density at radius 2 is 2.05 bits per heavy atom. The zero-order valence-corrected chi connectivity index (χ0v) is 12.0. The molecule has 0 aliphatic heterocycles. The molecule has 2 aromatic rings.